The predicted molar refractivity (Wildman–Crippen MR) is 195 cm³/mol. The molecule has 0 spiro atoms. The summed E-state index contributed by atoms with van der Waals surface area (Å²) in [5.74, 6) is 0.967. The normalized spacial score (nSPS) is 14.2. The quantitative estimate of drug-likeness (QED) is 0.147. The fraction of sp³-hybridized carbons (Fsp3) is 0.316. The molecule has 3 aromatic heterocycles. The highest BCUT2D eigenvalue weighted by atomic mass is 35.5. The average molecular weight is 727 g/mol. The third-order valence-corrected chi connectivity index (χ3v) is 9.01. The summed E-state index contributed by atoms with van der Waals surface area (Å²) in [7, 11) is 4.48. The first kappa shape index (κ1) is 36.1. The Hall–Kier alpha value is -5.69. The van der Waals surface area contributed by atoms with Crippen LogP contribution in [-0.2, 0) is 16.1 Å². The minimum absolute atomic E-state index is 0.0371. The largest absolute Gasteiger partial charge is 0.496 e. The van der Waals surface area contributed by atoms with Gasteiger partial charge in [0.1, 0.15) is 17.1 Å². The molecule has 14 heteroatoms. The van der Waals surface area contributed by atoms with Crippen LogP contribution in [-0.4, -0.2) is 82.5 Å². The second kappa shape index (κ2) is 14.9. The number of nitrogens with zero attached hydrogens (tertiary/aromatic N) is 5. The number of pyridine rings is 2. The fourth-order valence-corrected chi connectivity index (χ4v) is 6.51. The van der Waals surface area contributed by atoms with Gasteiger partial charge in [0.05, 0.1) is 56.0 Å². The van der Waals surface area contributed by atoms with Gasteiger partial charge in [-0.25, -0.2) is 19.4 Å². The fourth-order valence-electron chi connectivity index (χ4n) is 6.19. The molecule has 52 heavy (non-hydrogen) atoms. The van der Waals surface area contributed by atoms with Gasteiger partial charge in [0.25, 0.3) is 0 Å². The van der Waals surface area contributed by atoms with E-state index < -0.39 is 11.7 Å². The lowest BCUT2D eigenvalue weighted by atomic mass is 9.99. The first-order valence-electron chi connectivity index (χ1n) is 16.6. The maximum atomic E-state index is 13.3. The van der Waals surface area contributed by atoms with Gasteiger partial charge in [-0.05, 0) is 51.0 Å². The minimum atomic E-state index is -0.703. The molecule has 1 aliphatic heterocycles. The van der Waals surface area contributed by atoms with Gasteiger partial charge in [-0.15, -0.1) is 0 Å². The number of methoxy groups -OCH3 is 3. The van der Waals surface area contributed by atoms with Gasteiger partial charge < -0.3 is 29.2 Å². The van der Waals surface area contributed by atoms with Crippen LogP contribution in [0.2, 0.25) is 5.02 Å². The highest BCUT2D eigenvalue weighted by molar-refractivity contribution is 6.36. The molecular formula is C38H39ClN6O7. The molecule has 2 amide bonds. The average Bonchev–Trinajstić information content (AvgIpc) is 3.76. The van der Waals surface area contributed by atoms with E-state index >= 15 is 0 Å². The molecule has 6 rings (SSSR count). The van der Waals surface area contributed by atoms with Crippen molar-refractivity contribution >= 4 is 40.9 Å². The van der Waals surface area contributed by atoms with E-state index in [4.69, 9.17) is 35.5 Å². The first-order valence-corrected chi connectivity index (χ1v) is 17.0. The van der Waals surface area contributed by atoms with E-state index in [0.717, 1.165) is 16.5 Å². The number of amides is 2. The molecular weight excluding hydrogens is 688 g/mol. The number of hydrogen-bond donors (Lipinski definition) is 1. The smallest absolute Gasteiger partial charge is 0.410 e. The van der Waals surface area contributed by atoms with Crippen molar-refractivity contribution in [2.24, 2.45) is 0 Å². The van der Waals surface area contributed by atoms with Gasteiger partial charge in [-0.3, -0.25) is 9.59 Å². The van der Waals surface area contributed by atoms with Crippen molar-refractivity contribution in [3.63, 3.8) is 0 Å². The molecule has 0 saturated carbocycles. The zero-order chi connectivity index (χ0) is 37.2. The predicted octanol–water partition coefficient (Wildman–Crippen LogP) is 6.66. The molecule has 0 bridgehead atoms. The van der Waals surface area contributed by atoms with Crippen LogP contribution >= 0.6 is 11.6 Å². The van der Waals surface area contributed by atoms with Crippen LogP contribution in [0.5, 0.6) is 17.4 Å². The summed E-state index contributed by atoms with van der Waals surface area (Å²) < 4.78 is 24.0. The van der Waals surface area contributed by atoms with E-state index in [2.05, 4.69) is 15.4 Å². The van der Waals surface area contributed by atoms with Crippen LogP contribution in [0.3, 0.4) is 0 Å². The Morgan fingerprint density at radius 1 is 1.04 bits per heavy atom. The molecule has 1 atom stereocenters. The van der Waals surface area contributed by atoms with E-state index in [1.165, 1.54) is 21.3 Å². The highest BCUT2D eigenvalue weighted by Gasteiger charge is 2.29. The Kier molecular flexibility index (Phi) is 10.3. The van der Waals surface area contributed by atoms with Crippen LogP contribution < -0.4 is 19.5 Å². The Bertz CT molecular complexity index is 2140. The van der Waals surface area contributed by atoms with E-state index in [9.17, 15) is 14.4 Å². The summed E-state index contributed by atoms with van der Waals surface area (Å²) in [6, 6.07) is 14.4. The number of halogens is 1. The number of aromatic nitrogens is 4. The van der Waals surface area contributed by atoms with E-state index in [-0.39, 0.29) is 25.0 Å². The summed E-state index contributed by atoms with van der Waals surface area (Å²) >= 11 is 7.15. The number of carbonyl (C=O) groups is 3. The second-order valence-corrected chi connectivity index (χ2v) is 13.6. The number of nitrogens with one attached hydrogen (secondary N) is 1. The zero-order valence-electron chi connectivity index (χ0n) is 29.7. The van der Waals surface area contributed by atoms with Gasteiger partial charge in [0, 0.05) is 59.4 Å². The van der Waals surface area contributed by atoms with Crippen molar-refractivity contribution in [1.29, 1.82) is 0 Å². The van der Waals surface area contributed by atoms with Crippen LogP contribution in [0.1, 0.15) is 49.5 Å². The molecule has 270 valence electrons. The van der Waals surface area contributed by atoms with E-state index in [1.54, 1.807) is 34.1 Å². The van der Waals surface area contributed by atoms with E-state index in [0.29, 0.717) is 75.2 Å². The van der Waals surface area contributed by atoms with Crippen LogP contribution in [0.15, 0.2) is 60.9 Å². The SMILES string of the molecule is COc1cc(-n2ncc3c(-c4cccc(-c5ccc(CN(C[C@@H]6CCC(=O)N6)C(=O)OC(C)(C)C)c(OC)n5)c4Cl)ccnc32)cc(OC)c1C=O. The van der Waals surface area contributed by atoms with Crippen molar-refractivity contribution in [3.8, 4) is 45.5 Å². The zero-order valence-corrected chi connectivity index (χ0v) is 30.5. The molecule has 5 aromatic rings. The molecule has 0 radical (unpaired) electrons. The van der Waals surface area contributed by atoms with Crippen LogP contribution in [0.25, 0.3) is 39.1 Å². The van der Waals surface area contributed by atoms with Gasteiger partial charge in [-0.2, -0.15) is 5.10 Å². The van der Waals surface area contributed by atoms with Crippen molar-refractivity contribution < 1.29 is 33.3 Å². The number of benzene rings is 2. The Balaban J connectivity index is 1.34. The lowest BCUT2D eigenvalue weighted by molar-refractivity contribution is -0.119. The van der Waals surface area contributed by atoms with E-state index in [1.807, 2.05) is 57.2 Å². The Morgan fingerprint density at radius 2 is 1.77 bits per heavy atom. The Morgan fingerprint density at radius 3 is 2.40 bits per heavy atom. The summed E-state index contributed by atoms with van der Waals surface area (Å²) in [4.78, 5) is 47.9. The van der Waals surface area contributed by atoms with Gasteiger partial charge >= 0.3 is 6.09 Å². The minimum Gasteiger partial charge on any atom is -0.496 e. The molecule has 2 aromatic carbocycles. The standard InChI is InChI=1S/C38H39ClN6O7/c1-38(2,3)52-37(48)44(20-23-11-13-33(47)42-23)19-22-10-12-30(43-36(22)51-6)27-9-7-8-26(34(27)39)25-14-15-40-35-28(25)18-41-45(35)24-16-31(49-4)29(21-46)32(17-24)50-5/h7-10,12,14-18,21,23H,11,13,19-20H2,1-6H3,(H,42,47)/t23-/m0/s1. The number of aldehydes is 1. The number of fused-ring (bicyclic) bond motifs is 1. The van der Waals surface area contributed by atoms with Gasteiger partial charge in [-0.1, -0.05) is 29.8 Å². The summed E-state index contributed by atoms with van der Waals surface area (Å²) in [6.07, 6.45) is 4.61. The summed E-state index contributed by atoms with van der Waals surface area (Å²) in [6.45, 7) is 5.85. The summed E-state index contributed by atoms with van der Waals surface area (Å²) in [5.41, 5.74) is 4.15. The lowest BCUT2D eigenvalue weighted by Gasteiger charge is -2.29. The maximum absolute atomic E-state index is 13.3. The molecule has 1 aliphatic rings. The topological polar surface area (TPSA) is 147 Å². The monoisotopic (exact) mass is 726 g/mol. The van der Waals surface area contributed by atoms with Crippen molar-refractivity contribution in [1.82, 2.24) is 30.0 Å². The number of ether oxygens (including phenoxy) is 4. The molecule has 0 aliphatic carbocycles. The number of carbonyl (C=O) groups excluding carboxylic acids is 3. The van der Waals surface area contributed by atoms with Crippen molar-refractivity contribution in [3.05, 3.63) is 77.1 Å². The van der Waals surface area contributed by atoms with Gasteiger partial charge in [0.2, 0.25) is 11.8 Å². The van der Waals surface area contributed by atoms with Crippen molar-refractivity contribution in [2.75, 3.05) is 27.9 Å². The number of rotatable bonds is 11. The van der Waals surface area contributed by atoms with Gasteiger partial charge in [0.15, 0.2) is 11.9 Å². The van der Waals surface area contributed by atoms with Crippen molar-refractivity contribution in [2.45, 2.75) is 51.8 Å². The lowest BCUT2D eigenvalue weighted by Crippen LogP contribution is -2.43. The van der Waals surface area contributed by atoms with Crippen LogP contribution in [0.4, 0.5) is 4.79 Å². The molecule has 1 N–H and O–H groups in total. The molecule has 4 heterocycles. The maximum Gasteiger partial charge on any atom is 0.410 e. The molecule has 0 unspecified atom stereocenters. The third-order valence-electron chi connectivity index (χ3n) is 8.60. The molecule has 1 saturated heterocycles. The Labute approximate surface area is 305 Å². The molecule has 1 fully saturated rings. The highest BCUT2D eigenvalue weighted by Crippen LogP contribution is 2.40. The first-order chi connectivity index (χ1) is 24.9. The second-order valence-electron chi connectivity index (χ2n) is 13.2. The summed E-state index contributed by atoms with van der Waals surface area (Å²) in [5, 5.41) is 8.73. The van der Waals surface area contributed by atoms with Crippen LogP contribution in [0, 0.1) is 0 Å². The third kappa shape index (κ3) is 7.35. The number of hydrogen-bond acceptors (Lipinski definition) is 10. The molecule has 13 nitrogen and oxygen atoms in total.